The average Bonchev–Trinajstić information content (AvgIpc) is 2.96. The zero-order chi connectivity index (χ0) is 21.0. The van der Waals surface area contributed by atoms with Crippen molar-refractivity contribution in [2.45, 2.75) is 38.5 Å². The minimum Gasteiger partial charge on any atom is -0.469 e. The van der Waals surface area contributed by atoms with E-state index in [9.17, 15) is 19.2 Å². The number of fused-ring (bicyclic) bond motifs is 1. The van der Waals surface area contributed by atoms with Crippen LogP contribution in [0.1, 0.15) is 59.2 Å². The zero-order valence-electron chi connectivity index (χ0n) is 16.4. The van der Waals surface area contributed by atoms with Crippen LogP contribution in [-0.2, 0) is 14.3 Å². The van der Waals surface area contributed by atoms with Gasteiger partial charge in [0.1, 0.15) is 0 Å². The number of halogens is 1. The van der Waals surface area contributed by atoms with Crippen LogP contribution in [0.5, 0.6) is 0 Å². The van der Waals surface area contributed by atoms with Gasteiger partial charge in [-0.1, -0.05) is 28.8 Å². The van der Waals surface area contributed by atoms with Crippen molar-refractivity contribution in [3.05, 3.63) is 33.8 Å². The first-order valence-electron chi connectivity index (χ1n) is 9.92. The Hall–Kier alpha value is -2.22. The molecule has 0 spiro atoms. The van der Waals surface area contributed by atoms with E-state index in [2.05, 4.69) is 21.2 Å². The molecule has 1 fully saturated rings. The van der Waals surface area contributed by atoms with Gasteiger partial charge in [-0.15, -0.1) is 0 Å². The Kier molecular flexibility index (Phi) is 7.05. The van der Waals surface area contributed by atoms with Crippen molar-refractivity contribution in [2.75, 3.05) is 20.2 Å². The Morgan fingerprint density at radius 3 is 2.66 bits per heavy atom. The summed E-state index contributed by atoms with van der Waals surface area (Å²) in [6.07, 6.45) is 4.34. The topological polar surface area (TPSA) is 92.8 Å². The molecule has 1 aliphatic heterocycles. The number of rotatable bonds is 7. The molecule has 2 aliphatic rings. The Bertz CT molecular complexity index is 825. The third kappa shape index (κ3) is 4.86. The molecule has 156 valence electrons. The smallest absolute Gasteiger partial charge is 0.309 e. The van der Waals surface area contributed by atoms with Gasteiger partial charge in [0, 0.05) is 24.0 Å². The molecule has 7 nitrogen and oxygen atoms in total. The molecule has 3 amide bonds. The van der Waals surface area contributed by atoms with Gasteiger partial charge in [-0.25, -0.2) is 0 Å². The molecule has 0 aromatic heterocycles. The number of ether oxygens (including phenoxy) is 1. The normalized spacial score (nSPS) is 21.1. The quantitative estimate of drug-likeness (QED) is 0.494. The number of hydrogen-bond acceptors (Lipinski definition) is 5. The molecule has 0 saturated heterocycles. The van der Waals surface area contributed by atoms with Gasteiger partial charge in [-0.3, -0.25) is 24.1 Å². The summed E-state index contributed by atoms with van der Waals surface area (Å²) in [5.41, 5.74) is 0.786. The first-order valence-corrected chi connectivity index (χ1v) is 10.7. The van der Waals surface area contributed by atoms with Crippen molar-refractivity contribution in [1.82, 2.24) is 10.2 Å². The molecule has 0 radical (unpaired) electrons. The molecular weight excluding hydrogens is 440 g/mol. The van der Waals surface area contributed by atoms with E-state index in [0.29, 0.717) is 24.1 Å². The van der Waals surface area contributed by atoms with Gasteiger partial charge in [0.15, 0.2) is 0 Å². The molecule has 0 bridgehead atoms. The maximum absolute atomic E-state index is 12.4. The standard InChI is InChI=1S/C21H25BrN2O5/c1-29-21(28)15-6-3-2-5-13(15)12-23-18(25)7-4-10-24-19(26)16-9-8-14(22)11-17(16)20(24)27/h8-9,11,13,15H,2-7,10,12H2,1H3,(H,23,25). The van der Waals surface area contributed by atoms with Gasteiger partial charge in [0.2, 0.25) is 5.91 Å². The van der Waals surface area contributed by atoms with E-state index in [4.69, 9.17) is 4.74 Å². The Morgan fingerprint density at radius 2 is 1.90 bits per heavy atom. The van der Waals surface area contributed by atoms with Gasteiger partial charge < -0.3 is 10.1 Å². The second-order valence-corrected chi connectivity index (χ2v) is 8.45. The van der Waals surface area contributed by atoms with Crippen LogP contribution in [0.3, 0.4) is 0 Å². The summed E-state index contributed by atoms with van der Waals surface area (Å²) in [7, 11) is 1.39. The maximum atomic E-state index is 12.4. The minimum absolute atomic E-state index is 0.0924. The summed E-state index contributed by atoms with van der Waals surface area (Å²) in [6.45, 7) is 0.644. The van der Waals surface area contributed by atoms with E-state index in [1.54, 1.807) is 18.2 Å². The highest BCUT2D eigenvalue weighted by molar-refractivity contribution is 9.10. The van der Waals surface area contributed by atoms with Crippen molar-refractivity contribution in [3.8, 4) is 0 Å². The van der Waals surface area contributed by atoms with E-state index in [0.717, 1.165) is 30.2 Å². The molecule has 3 rings (SSSR count). The number of methoxy groups -OCH3 is 1. The summed E-state index contributed by atoms with van der Waals surface area (Å²) < 4.78 is 5.62. The molecule has 8 heteroatoms. The van der Waals surface area contributed by atoms with E-state index in [1.165, 1.54) is 12.0 Å². The Labute approximate surface area is 178 Å². The van der Waals surface area contributed by atoms with Gasteiger partial charge in [-0.2, -0.15) is 0 Å². The number of carbonyl (C=O) groups excluding carboxylic acids is 4. The zero-order valence-corrected chi connectivity index (χ0v) is 18.0. The predicted octanol–water partition coefficient (Wildman–Crippen LogP) is 2.92. The molecule has 1 saturated carbocycles. The molecule has 29 heavy (non-hydrogen) atoms. The molecule has 1 N–H and O–H groups in total. The highest BCUT2D eigenvalue weighted by atomic mass is 79.9. The second-order valence-electron chi connectivity index (χ2n) is 7.53. The first-order chi connectivity index (χ1) is 13.9. The van der Waals surface area contributed by atoms with Crippen LogP contribution in [0.15, 0.2) is 22.7 Å². The molecule has 2 atom stereocenters. The first kappa shape index (κ1) is 21.5. The van der Waals surface area contributed by atoms with Crippen molar-refractivity contribution in [3.63, 3.8) is 0 Å². The van der Waals surface area contributed by atoms with Crippen LogP contribution in [-0.4, -0.2) is 48.8 Å². The second kappa shape index (κ2) is 9.52. The number of hydrogen-bond donors (Lipinski definition) is 1. The number of carbonyl (C=O) groups is 4. The average molecular weight is 465 g/mol. The van der Waals surface area contributed by atoms with Crippen molar-refractivity contribution >= 4 is 39.6 Å². The van der Waals surface area contributed by atoms with Crippen LogP contribution < -0.4 is 5.32 Å². The molecular formula is C21H25BrN2O5. The van der Waals surface area contributed by atoms with Crippen molar-refractivity contribution in [1.29, 1.82) is 0 Å². The third-order valence-electron chi connectivity index (χ3n) is 5.69. The van der Waals surface area contributed by atoms with Crippen molar-refractivity contribution in [2.24, 2.45) is 11.8 Å². The summed E-state index contributed by atoms with van der Waals surface area (Å²) >= 11 is 3.31. The summed E-state index contributed by atoms with van der Waals surface area (Å²) in [5.74, 6) is -1.06. The predicted molar refractivity (Wildman–Crippen MR) is 109 cm³/mol. The molecule has 1 aliphatic carbocycles. The molecule has 1 heterocycles. The summed E-state index contributed by atoms with van der Waals surface area (Å²) in [4.78, 5) is 50.1. The molecule has 1 aromatic rings. The number of imide groups is 1. The van der Waals surface area contributed by atoms with Crippen LogP contribution in [0.4, 0.5) is 0 Å². The summed E-state index contributed by atoms with van der Waals surface area (Å²) in [5, 5.41) is 2.89. The fourth-order valence-electron chi connectivity index (χ4n) is 4.11. The van der Waals surface area contributed by atoms with Gasteiger partial charge in [0.05, 0.1) is 24.2 Å². The number of benzene rings is 1. The van der Waals surface area contributed by atoms with Crippen LogP contribution in [0.25, 0.3) is 0 Å². The lowest BCUT2D eigenvalue weighted by atomic mass is 9.79. The van der Waals surface area contributed by atoms with Crippen LogP contribution >= 0.6 is 15.9 Å². The third-order valence-corrected chi connectivity index (χ3v) is 6.19. The highest BCUT2D eigenvalue weighted by Crippen LogP contribution is 2.30. The minimum atomic E-state index is -0.324. The lowest BCUT2D eigenvalue weighted by Gasteiger charge is -2.29. The molecule has 2 unspecified atom stereocenters. The van der Waals surface area contributed by atoms with Gasteiger partial charge in [-0.05, 0) is 43.4 Å². The highest BCUT2D eigenvalue weighted by Gasteiger charge is 2.35. The van der Waals surface area contributed by atoms with Crippen LogP contribution in [0.2, 0.25) is 0 Å². The lowest BCUT2D eigenvalue weighted by molar-refractivity contribution is -0.148. The van der Waals surface area contributed by atoms with Gasteiger partial charge >= 0.3 is 5.97 Å². The number of esters is 1. The largest absolute Gasteiger partial charge is 0.469 e. The van der Waals surface area contributed by atoms with E-state index >= 15 is 0 Å². The monoisotopic (exact) mass is 464 g/mol. The fraction of sp³-hybridized carbons (Fsp3) is 0.524. The van der Waals surface area contributed by atoms with E-state index in [-0.39, 0.29) is 48.5 Å². The Morgan fingerprint density at radius 1 is 1.17 bits per heavy atom. The summed E-state index contributed by atoms with van der Waals surface area (Å²) in [6, 6.07) is 5.01. The number of nitrogens with one attached hydrogen (secondary N) is 1. The fourth-order valence-corrected chi connectivity index (χ4v) is 4.47. The number of nitrogens with zero attached hydrogens (tertiary/aromatic N) is 1. The van der Waals surface area contributed by atoms with Crippen molar-refractivity contribution < 1.29 is 23.9 Å². The van der Waals surface area contributed by atoms with Gasteiger partial charge in [0.25, 0.3) is 11.8 Å². The Balaban J connectivity index is 1.45. The molecule has 1 aromatic carbocycles. The maximum Gasteiger partial charge on any atom is 0.309 e. The van der Waals surface area contributed by atoms with Crippen LogP contribution in [0, 0.1) is 11.8 Å². The SMILES string of the molecule is COC(=O)C1CCCCC1CNC(=O)CCCN1C(=O)c2ccc(Br)cc2C1=O. The lowest BCUT2D eigenvalue weighted by Crippen LogP contribution is -2.38. The number of amides is 3. The van der Waals surface area contributed by atoms with E-state index < -0.39 is 0 Å². The van der Waals surface area contributed by atoms with E-state index in [1.807, 2.05) is 0 Å².